The van der Waals surface area contributed by atoms with Crippen LogP contribution in [0, 0.1) is 0 Å². The molecule has 0 amide bonds. The Hall–Kier alpha value is -1.71. The molecule has 1 N–H and O–H groups in total. The molecular weight excluding hydrogens is 208 g/mol. The summed E-state index contributed by atoms with van der Waals surface area (Å²) in [5, 5.41) is 8.79. The fourth-order valence-corrected chi connectivity index (χ4v) is 1.61. The van der Waals surface area contributed by atoms with E-state index >= 15 is 0 Å². The summed E-state index contributed by atoms with van der Waals surface area (Å²) in [5.74, 6) is 0.412. The lowest BCUT2D eigenvalue weighted by molar-refractivity contribution is -0.136. The zero-order valence-electron chi connectivity index (χ0n) is 9.74. The summed E-state index contributed by atoms with van der Waals surface area (Å²) in [5.41, 5.74) is 1.66. The van der Waals surface area contributed by atoms with Gasteiger partial charge in [-0.05, 0) is 18.1 Å². The highest BCUT2D eigenvalue weighted by atomic mass is 16.5. The van der Waals surface area contributed by atoms with Crippen molar-refractivity contribution in [3.05, 3.63) is 23.3 Å². The first-order valence-electron chi connectivity index (χ1n) is 5.07. The van der Waals surface area contributed by atoms with E-state index in [0.29, 0.717) is 11.3 Å². The van der Waals surface area contributed by atoms with E-state index in [-0.39, 0.29) is 6.42 Å². The van der Waals surface area contributed by atoms with Crippen molar-refractivity contribution >= 4 is 5.97 Å². The summed E-state index contributed by atoms with van der Waals surface area (Å²) in [6.07, 6.45) is 0.750. The predicted octanol–water partition coefficient (Wildman–Crippen LogP) is 1.89. The lowest BCUT2D eigenvalue weighted by Gasteiger charge is -2.12. The lowest BCUT2D eigenvalue weighted by Crippen LogP contribution is -2.04. The van der Waals surface area contributed by atoms with Crippen LogP contribution >= 0.6 is 0 Å². The van der Waals surface area contributed by atoms with Crippen molar-refractivity contribution < 1.29 is 19.4 Å². The van der Waals surface area contributed by atoms with Crippen LogP contribution in [0.15, 0.2) is 12.1 Å². The second-order valence-corrected chi connectivity index (χ2v) is 3.40. The molecule has 0 aromatic heterocycles. The van der Waals surface area contributed by atoms with E-state index in [0.717, 1.165) is 17.7 Å². The lowest BCUT2D eigenvalue weighted by atomic mass is 10.0. The molecule has 0 heterocycles. The summed E-state index contributed by atoms with van der Waals surface area (Å²) in [7, 11) is 3.11. The fraction of sp³-hybridized carbons (Fsp3) is 0.417. The zero-order chi connectivity index (χ0) is 12.1. The van der Waals surface area contributed by atoms with Gasteiger partial charge in [0.1, 0.15) is 11.5 Å². The molecular formula is C12H16O4. The van der Waals surface area contributed by atoms with E-state index in [1.165, 1.54) is 7.11 Å². The quantitative estimate of drug-likeness (QED) is 0.829. The first-order chi connectivity index (χ1) is 7.62. The van der Waals surface area contributed by atoms with Gasteiger partial charge < -0.3 is 14.6 Å². The number of carboxylic acid groups (broad SMARTS) is 1. The van der Waals surface area contributed by atoms with Gasteiger partial charge in [-0.1, -0.05) is 6.92 Å². The number of methoxy groups -OCH3 is 2. The second-order valence-electron chi connectivity index (χ2n) is 3.40. The van der Waals surface area contributed by atoms with Crippen molar-refractivity contribution in [1.82, 2.24) is 0 Å². The normalized spacial score (nSPS) is 9.94. The largest absolute Gasteiger partial charge is 0.496 e. The van der Waals surface area contributed by atoms with E-state index in [9.17, 15) is 4.79 Å². The summed E-state index contributed by atoms with van der Waals surface area (Å²) >= 11 is 0. The monoisotopic (exact) mass is 224 g/mol. The molecule has 4 heteroatoms. The Bertz CT molecular complexity index is 385. The first kappa shape index (κ1) is 12.4. The van der Waals surface area contributed by atoms with Gasteiger partial charge in [0, 0.05) is 11.6 Å². The van der Waals surface area contributed by atoms with Crippen molar-refractivity contribution in [3.8, 4) is 11.5 Å². The third-order valence-electron chi connectivity index (χ3n) is 2.41. The van der Waals surface area contributed by atoms with Gasteiger partial charge in [-0.3, -0.25) is 4.79 Å². The maximum Gasteiger partial charge on any atom is 0.307 e. The first-order valence-corrected chi connectivity index (χ1v) is 5.07. The standard InChI is InChI=1S/C12H16O4/c1-4-8-5-9(6-12(13)14)11(16-3)7-10(8)15-2/h5,7H,4,6H2,1-3H3,(H,13,14). The van der Waals surface area contributed by atoms with Crippen LogP contribution in [0.5, 0.6) is 11.5 Å². The van der Waals surface area contributed by atoms with Crippen LogP contribution in [0.1, 0.15) is 18.1 Å². The average molecular weight is 224 g/mol. The maximum absolute atomic E-state index is 10.7. The smallest absolute Gasteiger partial charge is 0.307 e. The molecule has 0 aliphatic heterocycles. The molecule has 0 radical (unpaired) electrons. The average Bonchev–Trinajstić information content (AvgIpc) is 2.27. The SMILES string of the molecule is CCc1cc(CC(=O)O)c(OC)cc1OC. The molecule has 0 unspecified atom stereocenters. The molecule has 1 rings (SSSR count). The van der Waals surface area contributed by atoms with Gasteiger partial charge in [-0.25, -0.2) is 0 Å². The minimum Gasteiger partial charge on any atom is -0.496 e. The van der Waals surface area contributed by atoms with Crippen molar-refractivity contribution in [2.75, 3.05) is 14.2 Å². The van der Waals surface area contributed by atoms with E-state index in [4.69, 9.17) is 14.6 Å². The van der Waals surface area contributed by atoms with Gasteiger partial charge in [0.15, 0.2) is 0 Å². The number of rotatable bonds is 5. The summed E-state index contributed by atoms with van der Waals surface area (Å²) in [6, 6.07) is 3.56. The molecule has 0 fully saturated rings. The van der Waals surface area contributed by atoms with E-state index in [2.05, 4.69) is 0 Å². The summed E-state index contributed by atoms with van der Waals surface area (Å²) in [6.45, 7) is 1.99. The van der Waals surface area contributed by atoms with Crippen LogP contribution in [-0.4, -0.2) is 25.3 Å². The highest BCUT2D eigenvalue weighted by Crippen LogP contribution is 2.29. The van der Waals surface area contributed by atoms with E-state index in [1.54, 1.807) is 13.2 Å². The molecule has 0 aliphatic carbocycles. The Labute approximate surface area is 94.8 Å². The van der Waals surface area contributed by atoms with E-state index < -0.39 is 5.97 Å². The molecule has 1 aromatic rings. The molecule has 0 atom stereocenters. The second kappa shape index (κ2) is 5.39. The molecule has 1 aromatic carbocycles. The number of hydrogen-bond acceptors (Lipinski definition) is 3. The van der Waals surface area contributed by atoms with Gasteiger partial charge in [-0.15, -0.1) is 0 Å². The third kappa shape index (κ3) is 2.66. The Kier molecular flexibility index (Phi) is 4.17. The fourth-order valence-electron chi connectivity index (χ4n) is 1.61. The maximum atomic E-state index is 10.7. The topological polar surface area (TPSA) is 55.8 Å². The van der Waals surface area contributed by atoms with Crippen LogP contribution < -0.4 is 9.47 Å². The molecule has 0 aliphatic rings. The van der Waals surface area contributed by atoms with Crippen LogP contribution in [-0.2, 0) is 17.6 Å². The van der Waals surface area contributed by atoms with Gasteiger partial charge in [-0.2, -0.15) is 0 Å². The number of hydrogen-bond donors (Lipinski definition) is 1. The Morgan fingerprint density at radius 2 is 1.75 bits per heavy atom. The number of benzene rings is 1. The van der Waals surface area contributed by atoms with Crippen molar-refractivity contribution in [1.29, 1.82) is 0 Å². The Balaban J connectivity index is 3.20. The Morgan fingerprint density at radius 3 is 2.19 bits per heavy atom. The highest BCUT2D eigenvalue weighted by molar-refractivity contribution is 5.72. The minimum atomic E-state index is -0.870. The van der Waals surface area contributed by atoms with Crippen molar-refractivity contribution in [2.45, 2.75) is 19.8 Å². The Morgan fingerprint density at radius 1 is 1.19 bits per heavy atom. The molecule has 0 saturated carbocycles. The zero-order valence-corrected chi connectivity index (χ0v) is 9.74. The van der Waals surface area contributed by atoms with Gasteiger partial charge >= 0.3 is 5.97 Å². The molecule has 4 nitrogen and oxygen atoms in total. The van der Waals surface area contributed by atoms with Gasteiger partial charge in [0.05, 0.1) is 20.6 Å². The third-order valence-corrected chi connectivity index (χ3v) is 2.41. The summed E-state index contributed by atoms with van der Waals surface area (Å²) in [4.78, 5) is 10.7. The molecule has 88 valence electrons. The predicted molar refractivity (Wildman–Crippen MR) is 60.3 cm³/mol. The highest BCUT2D eigenvalue weighted by Gasteiger charge is 2.12. The van der Waals surface area contributed by atoms with Gasteiger partial charge in [0.25, 0.3) is 0 Å². The van der Waals surface area contributed by atoms with Crippen molar-refractivity contribution in [3.63, 3.8) is 0 Å². The van der Waals surface area contributed by atoms with Crippen LogP contribution in [0.25, 0.3) is 0 Å². The van der Waals surface area contributed by atoms with Crippen LogP contribution in [0.3, 0.4) is 0 Å². The van der Waals surface area contributed by atoms with Crippen LogP contribution in [0.4, 0.5) is 0 Å². The number of aryl methyl sites for hydroxylation is 1. The minimum absolute atomic E-state index is 0.0415. The number of carboxylic acids is 1. The molecule has 0 saturated heterocycles. The molecule has 0 bridgehead atoms. The van der Waals surface area contributed by atoms with Crippen LogP contribution in [0.2, 0.25) is 0 Å². The molecule has 0 spiro atoms. The number of aliphatic carboxylic acids is 1. The summed E-state index contributed by atoms with van der Waals surface area (Å²) < 4.78 is 10.4. The molecule has 16 heavy (non-hydrogen) atoms. The number of ether oxygens (including phenoxy) is 2. The number of carbonyl (C=O) groups is 1. The van der Waals surface area contributed by atoms with Gasteiger partial charge in [0.2, 0.25) is 0 Å². The van der Waals surface area contributed by atoms with Crippen molar-refractivity contribution in [2.24, 2.45) is 0 Å². The van der Waals surface area contributed by atoms with E-state index in [1.807, 2.05) is 13.0 Å².